The molecule has 0 aliphatic rings. The number of hydrogen-bond acceptors (Lipinski definition) is 5. The molecule has 5 nitrogen and oxygen atoms in total. The first-order valence-electron chi connectivity index (χ1n) is 5.62. The highest BCUT2D eigenvalue weighted by atomic mass is 16.5. The Morgan fingerprint density at radius 3 is 2.83 bits per heavy atom. The normalized spacial score (nSPS) is 12.0. The van der Waals surface area contributed by atoms with Crippen LogP contribution in [0.1, 0.15) is 29.8 Å². The van der Waals surface area contributed by atoms with Crippen molar-refractivity contribution < 1.29 is 9.26 Å². The molecule has 0 saturated heterocycles. The number of ether oxygens (including phenoxy) is 1. The molecule has 0 radical (unpaired) electrons. The van der Waals surface area contributed by atoms with Gasteiger partial charge < -0.3 is 9.26 Å². The molecular formula is C13H13N3O2. The summed E-state index contributed by atoms with van der Waals surface area (Å²) in [6.07, 6.45) is 0.491. The zero-order valence-electron chi connectivity index (χ0n) is 10.0. The lowest BCUT2D eigenvalue weighted by molar-refractivity contribution is 0.126. The second-order valence-electron chi connectivity index (χ2n) is 3.73. The van der Waals surface area contributed by atoms with Crippen LogP contribution in [0.5, 0.6) is 0 Å². The first-order valence-corrected chi connectivity index (χ1v) is 5.62. The summed E-state index contributed by atoms with van der Waals surface area (Å²) in [4.78, 5) is 4.24. The average molecular weight is 243 g/mol. The third kappa shape index (κ3) is 2.73. The van der Waals surface area contributed by atoms with Crippen LogP contribution >= 0.6 is 0 Å². The highest BCUT2D eigenvalue weighted by Gasteiger charge is 2.19. The molecule has 92 valence electrons. The van der Waals surface area contributed by atoms with E-state index in [1.807, 2.05) is 36.4 Å². The highest BCUT2D eigenvalue weighted by molar-refractivity contribution is 5.22. The Balaban J connectivity index is 2.18. The minimum atomic E-state index is -0.342. The SMILES string of the molecule is COC(c1ccccc1)c1noc(CCC#N)n1. The average Bonchev–Trinajstić information content (AvgIpc) is 2.87. The van der Waals surface area contributed by atoms with Crippen molar-refractivity contribution >= 4 is 0 Å². The summed E-state index contributed by atoms with van der Waals surface area (Å²) in [7, 11) is 1.60. The summed E-state index contributed by atoms with van der Waals surface area (Å²) in [5, 5.41) is 12.4. The van der Waals surface area contributed by atoms with E-state index in [1.54, 1.807) is 7.11 Å². The first kappa shape index (κ1) is 12.3. The number of hydrogen-bond donors (Lipinski definition) is 0. The number of nitriles is 1. The van der Waals surface area contributed by atoms with Crippen molar-refractivity contribution in [2.45, 2.75) is 18.9 Å². The minimum absolute atomic E-state index is 0.342. The summed E-state index contributed by atoms with van der Waals surface area (Å²) in [6, 6.07) is 11.7. The van der Waals surface area contributed by atoms with Gasteiger partial charge >= 0.3 is 0 Å². The van der Waals surface area contributed by atoms with Gasteiger partial charge in [0.1, 0.15) is 6.10 Å². The molecule has 2 rings (SSSR count). The molecule has 0 bridgehead atoms. The van der Waals surface area contributed by atoms with Crippen LogP contribution in [-0.4, -0.2) is 17.3 Å². The highest BCUT2D eigenvalue weighted by Crippen LogP contribution is 2.22. The smallest absolute Gasteiger partial charge is 0.227 e. The minimum Gasteiger partial charge on any atom is -0.369 e. The van der Waals surface area contributed by atoms with Crippen LogP contribution in [0.15, 0.2) is 34.9 Å². The van der Waals surface area contributed by atoms with E-state index in [2.05, 4.69) is 10.1 Å². The summed E-state index contributed by atoms with van der Waals surface area (Å²) >= 11 is 0. The zero-order chi connectivity index (χ0) is 12.8. The fourth-order valence-electron chi connectivity index (χ4n) is 1.66. The van der Waals surface area contributed by atoms with E-state index >= 15 is 0 Å². The van der Waals surface area contributed by atoms with Crippen LogP contribution < -0.4 is 0 Å². The Kier molecular flexibility index (Phi) is 4.05. The van der Waals surface area contributed by atoms with Gasteiger partial charge in [-0.1, -0.05) is 35.5 Å². The number of nitrogens with zero attached hydrogens (tertiary/aromatic N) is 3. The Morgan fingerprint density at radius 2 is 2.17 bits per heavy atom. The summed E-state index contributed by atoms with van der Waals surface area (Å²) in [5.74, 6) is 0.946. The molecule has 1 atom stereocenters. The second kappa shape index (κ2) is 5.94. The molecule has 5 heteroatoms. The Hall–Kier alpha value is -2.19. The van der Waals surface area contributed by atoms with Gasteiger partial charge in [0.05, 0.1) is 6.07 Å². The van der Waals surface area contributed by atoms with E-state index in [-0.39, 0.29) is 6.10 Å². The van der Waals surface area contributed by atoms with Crippen LogP contribution in [0, 0.1) is 11.3 Å². The molecule has 0 aliphatic heterocycles. The van der Waals surface area contributed by atoms with Crippen molar-refractivity contribution in [1.82, 2.24) is 10.1 Å². The van der Waals surface area contributed by atoms with Gasteiger partial charge in [0.25, 0.3) is 0 Å². The number of benzene rings is 1. The van der Waals surface area contributed by atoms with Crippen molar-refractivity contribution in [3.05, 3.63) is 47.6 Å². The van der Waals surface area contributed by atoms with Crippen LogP contribution in [0.4, 0.5) is 0 Å². The molecule has 1 unspecified atom stereocenters. The third-order valence-corrected chi connectivity index (χ3v) is 2.51. The summed E-state index contributed by atoms with van der Waals surface area (Å²) in [5.41, 5.74) is 0.965. The van der Waals surface area contributed by atoms with Crippen LogP contribution in [0.25, 0.3) is 0 Å². The predicted molar refractivity (Wildman–Crippen MR) is 63.5 cm³/mol. The van der Waals surface area contributed by atoms with Gasteiger partial charge in [-0.25, -0.2) is 0 Å². The molecule has 0 aliphatic carbocycles. The lowest BCUT2D eigenvalue weighted by Crippen LogP contribution is -2.05. The van der Waals surface area contributed by atoms with E-state index in [9.17, 15) is 0 Å². The maximum atomic E-state index is 8.50. The second-order valence-corrected chi connectivity index (χ2v) is 3.73. The van der Waals surface area contributed by atoms with Crippen LogP contribution in [0.3, 0.4) is 0 Å². The molecule has 1 heterocycles. The fourth-order valence-corrected chi connectivity index (χ4v) is 1.66. The van der Waals surface area contributed by atoms with Crippen LogP contribution in [0.2, 0.25) is 0 Å². The van der Waals surface area contributed by atoms with Crippen molar-refractivity contribution in [3.63, 3.8) is 0 Å². The van der Waals surface area contributed by atoms with E-state index in [0.717, 1.165) is 5.56 Å². The molecular weight excluding hydrogens is 230 g/mol. The van der Waals surface area contributed by atoms with Gasteiger partial charge in [-0.2, -0.15) is 10.2 Å². The van der Waals surface area contributed by atoms with Crippen molar-refractivity contribution in [1.29, 1.82) is 5.26 Å². The molecule has 0 fully saturated rings. The third-order valence-electron chi connectivity index (χ3n) is 2.51. The van der Waals surface area contributed by atoms with Gasteiger partial charge in [0, 0.05) is 20.0 Å². The molecule has 0 spiro atoms. The number of aromatic nitrogens is 2. The molecule has 2 aromatic rings. The Bertz CT molecular complexity index is 531. The Labute approximate surface area is 105 Å². The Morgan fingerprint density at radius 1 is 1.39 bits per heavy atom. The van der Waals surface area contributed by atoms with Crippen molar-refractivity contribution in [2.75, 3.05) is 7.11 Å². The van der Waals surface area contributed by atoms with Gasteiger partial charge in [-0.05, 0) is 5.56 Å². The number of aryl methyl sites for hydroxylation is 1. The van der Waals surface area contributed by atoms with E-state index in [4.69, 9.17) is 14.5 Å². The van der Waals surface area contributed by atoms with Gasteiger partial charge in [-0.3, -0.25) is 0 Å². The van der Waals surface area contributed by atoms with Crippen molar-refractivity contribution in [3.8, 4) is 6.07 Å². The molecule has 1 aromatic heterocycles. The first-order chi connectivity index (χ1) is 8.85. The zero-order valence-corrected chi connectivity index (χ0v) is 10.0. The number of rotatable bonds is 5. The van der Waals surface area contributed by atoms with Crippen LogP contribution in [-0.2, 0) is 11.2 Å². The standard InChI is InChI=1S/C13H13N3O2/c1-17-12(10-6-3-2-4-7-10)13-15-11(18-16-13)8-5-9-14/h2-4,6-7,12H,5,8H2,1H3. The predicted octanol–water partition coefficient (Wildman–Crippen LogP) is 2.26. The van der Waals surface area contributed by atoms with Gasteiger partial charge in [0.15, 0.2) is 0 Å². The van der Waals surface area contributed by atoms with Crippen molar-refractivity contribution in [2.24, 2.45) is 0 Å². The lowest BCUT2D eigenvalue weighted by Gasteiger charge is -2.10. The molecule has 18 heavy (non-hydrogen) atoms. The maximum Gasteiger partial charge on any atom is 0.227 e. The fraction of sp³-hybridized carbons (Fsp3) is 0.308. The van der Waals surface area contributed by atoms with Gasteiger partial charge in [0.2, 0.25) is 11.7 Å². The maximum absolute atomic E-state index is 8.50. The molecule has 1 aromatic carbocycles. The van der Waals surface area contributed by atoms with E-state index < -0.39 is 0 Å². The largest absolute Gasteiger partial charge is 0.369 e. The number of methoxy groups -OCH3 is 1. The van der Waals surface area contributed by atoms with E-state index in [1.165, 1.54) is 0 Å². The summed E-state index contributed by atoms with van der Waals surface area (Å²) in [6.45, 7) is 0. The van der Waals surface area contributed by atoms with Gasteiger partial charge in [-0.15, -0.1) is 0 Å². The lowest BCUT2D eigenvalue weighted by atomic mass is 10.1. The monoisotopic (exact) mass is 243 g/mol. The quantitative estimate of drug-likeness (QED) is 0.805. The summed E-state index contributed by atoms with van der Waals surface area (Å²) < 4.78 is 10.5. The van der Waals surface area contributed by atoms with E-state index in [0.29, 0.717) is 24.6 Å². The molecule has 0 saturated carbocycles. The molecule has 0 N–H and O–H groups in total. The topological polar surface area (TPSA) is 71.9 Å². The molecule has 0 amide bonds.